The van der Waals surface area contributed by atoms with Crippen LogP contribution in [0.1, 0.15) is 23.5 Å². The fourth-order valence-corrected chi connectivity index (χ4v) is 4.28. The molecule has 30 heavy (non-hydrogen) atoms. The van der Waals surface area contributed by atoms with E-state index in [0.29, 0.717) is 12.6 Å². The first-order chi connectivity index (χ1) is 14.1. The number of halogens is 1. The molecule has 1 aliphatic heterocycles. The maximum Gasteiger partial charge on any atom is 0.191 e. The summed E-state index contributed by atoms with van der Waals surface area (Å²) in [4.78, 5) is 14.9. The lowest BCUT2D eigenvalue weighted by Gasteiger charge is -2.37. The number of nitrogens with zero attached hydrogens (tertiary/aromatic N) is 4. The van der Waals surface area contributed by atoms with Gasteiger partial charge in [-0.2, -0.15) is 0 Å². The molecule has 1 saturated heterocycles. The number of aromatic nitrogens is 1. The van der Waals surface area contributed by atoms with Gasteiger partial charge in [0, 0.05) is 45.7 Å². The minimum atomic E-state index is 0. The van der Waals surface area contributed by atoms with Crippen molar-refractivity contribution in [3.63, 3.8) is 0 Å². The second-order valence-electron chi connectivity index (χ2n) is 7.40. The molecule has 2 aromatic rings. The van der Waals surface area contributed by atoms with Gasteiger partial charge in [-0.1, -0.05) is 12.1 Å². The van der Waals surface area contributed by atoms with E-state index in [1.54, 1.807) is 18.4 Å². The Bertz CT molecular complexity index is 786. The number of anilines is 1. The first kappa shape index (κ1) is 24.8. The summed E-state index contributed by atoms with van der Waals surface area (Å²) in [6.07, 6.45) is 0.263. The first-order valence-corrected chi connectivity index (χ1v) is 10.9. The topological polar surface area (TPSA) is 65.0 Å². The normalized spacial score (nSPS) is 18.4. The summed E-state index contributed by atoms with van der Waals surface area (Å²) in [6, 6.07) is 10.7. The number of nitrogens with one attached hydrogen (secondary N) is 2. The number of hydrogen-bond donors (Lipinski definition) is 2. The molecule has 1 aliphatic rings. The number of morpholine rings is 1. The van der Waals surface area contributed by atoms with E-state index in [0.717, 1.165) is 43.7 Å². The molecular formula is C21H33IN6OS. The average Bonchev–Trinajstić information content (AvgIpc) is 3.25. The maximum absolute atomic E-state index is 5.73. The Labute approximate surface area is 200 Å². The molecule has 3 rings (SSSR count). The van der Waals surface area contributed by atoms with E-state index >= 15 is 0 Å². The Hall–Kier alpha value is -1.43. The van der Waals surface area contributed by atoms with E-state index in [1.165, 1.54) is 4.88 Å². The van der Waals surface area contributed by atoms with Gasteiger partial charge in [0.25, 0.3) is 0 Å². The van der Waals surface area contributed by atoms with Gasteiger partial charge in [-0.25, -0.2) is 4.98 Å². The standard InChI is InChI=1S/C21H32N6OS.HI/c1-16-15-27(10-11-28-16)18(19-8-6-12-29-19)14-24-21(22-2)23-13-17-7-5-9-20(25-17)26(3)4;/h5-9,12,16,18H,10-11,13-15H2,1-4H3,(H2,22,23,24);1H. The summed E-state index contributed by atoms with van der Waals surface area (Å²) < 4.78 is 5.73. The van der Waals surface area contributed by atoms with Crippen LogP contribution in [0.2, 0.25) is 0 Å². The molecule has 3 heterocycles. The Balaban J connectivity index is 0.00000320. The highest BCUT2D eigenvalue weighted by Gasteiger charge is 2.26. The molecule has 2 unspecified atom stereocenters. The Morgan fingerprint density at radius 1 is 1.33 bits per heavy atom. The second kappa shape index (κ2) is 12.4. The van der Waals surface area contributed by atoms with Crippen LogP contribution in [0.3, 0.4) is 0 Å². The van der Waals surface area contributed by atoms with Crippen LogP contribution in [0.4, 0.5) is 5.82 Å². The van der Waals surface area contributed by atoms with Gasteiger partial charge in [-0.15, -0.1) is 35.3 Å². The largest absolute Gasteiger partial charge is 0.376 e. The van der Waals surface area contributed by atoms with E-state index in [1.807, 2.05) is 37.2 Å². The van der Waals surface area contributed by atoms with Crippen molar-refractivity contribution in [1.82, 2.24) is 20.5 Å². The molecule has 0 saturated carbocycles. The molecule has 2 N–H and O–H groups in total. The zero-order valence-corrected chi connectivity index (χ0v) is 21.3. The van der Waals surface area contributed by atoms with Gasteiger partial charge >= 0.3 is 0 Å². The molecule has 9 heteroatoms. The molecular weight excluding hydrogens is 511 g/mol. The molecule has 2 atom stereocenters. The molecule has 2 aromatic heterocycles. The third kappa shape index (κ3) is 7.07. The van der Waals surface area contributed by atoms with Crippen LogP contribution >= 0.6 is 35.3 Å². The van der Waals surface area contributed by atoms with Crippen molar-refractivity contribution < 1.29 is 4.74 Å². The molecule has 0 spiro atoms. The molecule has 0 amide bonds. The second-order valence-corrected chi connectivity index (χ2v) is 8.38. The lowest BCUT2D eigenvalue weighted by atomic mass is 10.1. The molecule has 0 aliphatic carbocycles. The summed E-state index contributed by atoms with van der Waals surface area (Å²) in [5.41, 5.74) is 0.982. The number of thiophene rings is 1. The molecule has 1 fully saturated rings. The van der Waals surface area contributed by atoms with E-state index in [9.17, 15) is 0 Å². The van der Waals surface area contributed by atoms with Crippen molar-refractivity contribution in [2.45, 2.75) is 25.6 Å². The summed E-state index contributed by atoms with van der Waals surface area (Å²) in [5, 5.41) is 9.03. The minimum absolute atomic E-state index is 0. The number of guanidine groups is 1. The summed E-state index contributed by atoms with van der Waals surface area (Å²) in [5.74, 6) is 1.73. The number of ether oxygens (including phenoxy) is 1. The van der Waals surface area contributed by atoms with Gasteiger partial charge < -0.3 is 20.3 Å². The van der Waals surface area contributed by atoms with Gasteiger partial charge in [0.2, 0.25) is 0 Å². The molecule has 7 nitrogen and oxygen atoms in total. The Morgan fingerprint density at radius 3 is 2.83 bits per heavy atom. The zero-order valence-electron chi connectivity index (χ0n) is 18.2. The third-order valence-corrected chi connectivity index (χ3v) is 5.93. The van der Waals surface area contributed by atoms with Gasteiger partial charge in [-0.05, 0) is 30.5 Å². The van der Waals surface area contributed by atoms with Crippen molar-refractivity contribution in [3.05, 3.63) is 46.3 Å². The lowest BCUT2D eigenvalue weighted by Crippen LogP contribution is -2.48. The van der Waals surface area contributed by atoms with E-state index < -0.39 is 0 Å². The predicted molar refractivity (Wildman–Crippen MR) is 136 cm³/mol. The van der Waals surface area contributed by atoms with Crippen molar-refractivity contribution in [3.8, 4) is 0 Å². The molecule has 0 aromatic carbocycles. The number of rotatable bonds is 7. The van der Waals surface area contributed by atoms with Gasteiger partial charge in [-0.3, -0.25) is 9.89 Å². The van der Waals surface area contributed by atoms with E-state index in [4.69, 9.17) is 4.74 Å². The summed E-state index contributed by atoms with van der Waals surface area (Å²) >= 11 is 1.80. The highest BCUT2D eigenvalue weighted by Crippen LogP contribution is 2.26. The fourth-order valence-electron chi connectivity index (χ4n) is 3.42. The third-order valence-electron chi connectivity index (χ3n) is 4.96. The van der Waals surface area contributed by atoms with Crippen LogP contribution < -0.4 is 15.5 Å². The highest BCUT2D eigenvalue weighted by atomic mass is 127. The van der Waals surface area contributed by atoms with Crippen LogP contribution in [0.15, 0.2) is 40.7 Å². The lowest BCUT2D eigenvalue weighted by molar-refractivity contribution is -0.0334. The number of pyridine rings is 1. The summed E-state index contributed by atoms with van der Waals surface area (Å²) in [6.45, 7) is 6.22. The average molecular weight is 545 g/mol. The van der Waals surface area contributed by atoms with Gasteiger partial charge in [0.15, 0.2) is 5.96 Å². The van der Waals surface area contributed by atoms with Crippen molar-refractivity contribution >= 4 is 47.1 Å². The van der Waals surface area contributed by atoms with Crippen LogP contribution in [0.5, 0.6) is 0 Å². The Morgan fingerprint density at radius 2 is 2.17 bits per heavy atom. The molecule has 0 radical (unpaired) electrons. The van der Waals surface area contributed by atoms with E-state index in [-0.39, 0.29) is 30.1 Å². The Kier molecular flexibility index (Phi) is 10.3. The quantitative estimate of drug-likeness (QED) is 0.318. The van der Waals surface area contributed by atoms with Crippen LogP contribution in [-0.4, -0.2) is 69.3 Å². The number of hydrogen-bond acceptors (Lipinski definition) is 6. The smallest absolute Gasteiger partial charge is 0.191 e. The van der Waals surface area contributed by atoms with Gasteiger partial charge in [0.05, 0.1) is 31.0 Å². The van der Waals surface area contributed by atoms with E-state index in [2.05, 4.69) is 49.9 Å². The zero-order chi connectivity index (χ0) is 20.6. The summed E-state index contributed by atoms with van der Waals surface area (Å²) in [7, 11) is 5.80. The fraction of sp³-hybridized carbons (Fsp3) is 0.524. The number of aliphatic imine (C=N–C) groups is 1. The first-order valence-electron chi connectivity index (χ1n) is 10.0. The monoisotopic (exact) mass is 544 g/mol. The maximum atomic E-state index is 5.73. The van der Waals surface area contributed by atoms with Crippen molar-refractivity contribution in [1.29, 1.82) is 0 Å². The molecule has 0 bridgehead atoms. The molecule has 166 valence electrons. The highest BCUT2D eigenvalue weighted by molar-refractivity contribution is 14.0. The van der Waals surface area contributed by atoms with Crippen LogP contribution in [0.25, 0.3) is 0 Å². The van der Waals surface area contributed by atoms with Crippen molar-refractivity contribution in [2.75, 3.05) is 52.3 Å². The minimum Gasteiger partial charge on any atom is -0.376 e. The SMILES string of the molecule is CN=C(NCc1cccc(N(C)C)n1)NCC(c1cccs1)N1CCOC(C)C1.I. The van der Waals surface area contributed by atoms with Crippen LogP contribution in [-0.2, 0) is 11.3 Å². The van der Waals surface area contributed by atoms with Gasteiger partial charge in [0.1, 0.15) is 5.82 Å². The predicted octanol–water partition coefficient (Wildman–Crippen LogP) is 2.95. The van der Waals surface area contributed by atoms with Crippen LogP contribution in [0, 0.1) is 0 Å². The van der Waals surface area contributed by atoms with Crippen molar-refractivity contribution in [2.24, 2.45) is 4.99 Å².